The quantitative estimate of drug-likeness (QED) is 0.465. The van der Waals surface area contributed by atoms with Crippen molar-refractivity contribution in [2.24, 2.45) is 0 Å². The van der Waals surface area contributed by atoms with Crippen molar-refractivity contribution >= 4 is 17.9 Å². The zero-order valence-corrected chi connectivity index (χ0v) is 14.2. The Kier molecular flexibility index (Phi) is 5.87. The van der Waals surface area contributed by atoms with E-state index in [-0.39, 0.29) is 6.61 Å². The van der Waals surface area contributed by atoms with Gasteiger partial charge in [0.1, 0.15) is 18.9 Å². The molecule has 1 aliphatic heterocycles. The van der Waals surface area contributed by atoms with E-state index in [2.05, 4.69) is 5.10 Å². The Balaban J connectivity index is 2.41. The lowest BCUT2D eigenvalue weighted by Crippen LogP contribution is -2.43. The number of aromatic nitrogens is 3. The lowest BCUT2D eigenvalue weighted by Gasteiger charge is -2.23. The van der Waals surface area contributed by atoms with Crippen LogP contribution in [0.4, 0.5) is 0 Å². The second kappa shape index (κ2) is 7.91. The van der Waals surface area contributed by atoms with Crippen molar-refractivity contribution < 1.29 is 33.3 Å². The van der Waals surface area contributed by atoms with Gasteiger partial charge in [0, 0.05) is 20.8 Å². The summed E-state index contributed by atoms with van der Waals surface area (Å²) in [6.07, 6.45) is -3.93. The number of nitrogens with one attached hydrogen (secondary N) is 1. The van der Waals surface area contributed by atoms with Gasteiger partial charge in [-0.15, -0.1) is 0 Å². The molecule has 2 heterocycles. The molecule has 0 radical (unpaired) electrons. The van der Waals surface area contributed by atoms with E-state index in [9.17, 15) is 24.0 Å². The molecule has 0 aromatic carbocycles. The Bertz CT molecular complexity index is 814. The van der Waals surface area contributed by atoms with Gasteiger partial charge in [-0.1, -0.05) is 0 Å². The van der Waals surface area contributed by atoms with Crippen LogP contribution in [0.15, 0.2) is 15.8 Å². The molecule has 0 spiro atoms. The Hall–Kier alpha value is -3.02. The highest BCUT2D eigenvalue weighted by Gasteiger charge is 2.51. The Labute approximate surface area is 146 Å². The molecule has 1 saturated heterocycles. The largest absolute Gasteiger partial charge is 0.463 e. The van der Waals surface area contributed by atoms with Gasteiger partial charge in [-0.05, 0) is 0 Å². The summed E-state index contributed by atoms with van der Waals surface area (Å²) in [6.45, 7) is 3.10. The van der Waals surface area contributed by atoms with E-state index in [1.165, 1.54) is 6.92 Å². The monoisotopic (exact) mass is 371 g/mol. The molecule has 1 aromatic rings. The second-order valence-electron chi connectivity index (χ2n) is 5.40. The van der Waals surface area contributed by atoms with Crippen LogP contribution in [0.1, 0.15) is 27.0 Å². The highest BCUT2D eigenvalue weighted by Crippen LogP contribution is 2.33. The predicted molar refractivity (Wildman–Crippen MR) is 80.8 cm³/mol. The molecule has 1 fully saturated rings. The average molecular weight is 371 g/mol. The normalized spacial score (nSPS) is 24.7. The van der Waals surface area contributed by atoms with Crippen LogP contribution >= 0.6 is 0 Å². The molecule has 4 atom stereocenters. The number of ether oxygens (including phenoxy) is 4. The maximum atomic E-state index is 12.0. The van der Waals surface area contributed by atoms with E-state index in [1.807, 2.05) is 4.98 Å². The SMILES string of the molecule is CC(=O)OC[C@H]1O[C@@H](n2ncc(=O)[nH]c2=O)C(OC(C)=O)C1OC(C)=O. The number of rotatable bonds is 5. The molecular formula is C14H17N3O9. The van der Waals surface area contributed by atoms with E-state index in [4.69, 9.17) is 18.9 Å². The Morgan fingerprint density at radius 3 is 2.27 bits per heavy atom. The number of H-pyrrole nitrogens is 1. The van der Waals surface area contributed by atoms with Crippen molar-refractivity contribution in [1.29, 1.82) is 0 Å². The zero-order valence-electron chi connectivity index (χ0n) is 14.2. The van der Waals surface area contributed by atoms with Gasteiger partial charge in [0.25, 0.3) is 5.56 Å². The second-order valence-corrected chi connectivity index (χ2v) is 5.40. The van der Waals surface area contributed by atoms with Crippen molar-refractivity contribution in [2.75, 3.05) is 6.61 Å². The maximum absolute atomic E-state index is 12.0. The Morgan fingerprint density at radius 1 is 1.12 bits per heavy atom. The molecule has 12 heteroatoms. The highest BCUT2D eigenvalue weighted by atomic mass is 16.7. The van der Waals surface area contributed by atoms with Crippen molar-refractivity contribution in [1.82, 2.24) is 14.8 Å². The number of hydrogen-bond donors (Lipinski definition) is 1. The summed E-state index contributed by atoms with van der Waals surface area (Å²) in [4.78, 5) is 59.1. The van der Waals surface area contributed by atoms with Crippen LogP contribution in [0, 0.1) is 0 Å². The van der Waals surface area contributed by atoms with Gasteiger partial charge in [0.15, 0.2) is 18.4 Å². The number of hydrogen-bond acceptors (Lipinski definition) is 10. The fraction of sp³-hybridized carbons (Fsp3) is 0.571. The molecule has 1 aromatic heterocycles. The number of aromatic amines is 1. The van der Waals surface area contributed by atoms with Crippen LogP contribution < -0.4 is 11.2 Å². The van der Waals surface area contributed by atoms with Crippen LogP contribution in [-0.2, 0) is 33.3 Å². The van der Waals surface area contributed by atoms with Crippen LogP contribution in [0.25, 0.3) is 0 Å². The first-order chi connectivity index (χ1) is 12.2. The molecule has 0 amide bonds. The fourth-order valence-electron chi connectivity index (χ4n) is 2.43. The third-order valence-corrected chi connectivity index (χ3v) is 3.32. The smallest absolute Gasteiger partial charge is 0.347 e. The fourth-order valence-corrected chi connectivity index (χ4v) is 2.43. The third-order valence-electron chi connectivity index (χ3n) is 3.32. The van der Waals surface area contributed by atoms with Crippen molar-refractivity contribution in [3.63, 3.8) is 0 Å². The van der Waals surface area contributed by atoms with E-state index in [0.717, 1.165) is 24.7 Å². The van der Waals surface area contributed by atoms with Gasteiger partial charge in [-0.3, -0.25) is 24.2 Å². The van der Waals surface area contributed by atoms with Gasteiger partial charge in [0.2, 0.25) is 0 Å². The molecule has 12 nitrogen and oxygen atoms in total. The molecule has 26 heavy (non-hydrogen) atoms. The van der Waals surface area contributed by atoms with Gasteiger partial charge in [-0.2, -0.15) is 9.78 Å². The first-order valence-electron chi connectivity index (χ1n) is 7.50. The van der Waals surface area contributed by atoms with Gasteiger partial charge >= 0.3 is 23.6 Å². The van der Waals surface area contributed by atoms with Crippen LogP contribution in [0.3, 0.4) is 0 Å². The first kappa shape index (κ1) is 19.3. The van der Waals surface area contributed by atoms with Crippen LogP contribution in [0.5, 0.6) is 0 Å². The summed E-state index contributed by atoms with van der Waals surface area (Å²) >= 11 is 0. The third kappa shape index (κ3) is 4.53. The minimum Gasteiger partial charge on any atom is -0.463 e. The summed E-state index contributed by atoms with van der Waals surface area (Å²) in [6, 6.07) is 0. The minimum absolute atomic E-state index is 0.320. The first-order valence-corrected chi connectivity index (χ1v) is 7.50. The van der Waals surface area contributed by atoms with Gasteiger partial charge in [-0.25, -0.2) is 4.79 Å². The maximum Gasteiger partial charge on any atom is 0.347 e. The van der Waals surface area contributed by atoms with Crippen LogP contribution in [0.2, 0.25) is 0 Å². The lowest BCUT2D eigenvalue weighted by atomic mass is 10.1. The Morgan fingerprint density at radius 2 is 1.73 bits per heavy atom. The highest BCUT2D eigenvalue weighted by molar-refractivity contribution is 5.67. The molecule has 1 N–H and O–H groups in total. The van der Waals surface area contributed by atoms with Crippen molar-refractivity contribution in [3.05, 3.63) is 27.0 Å². The molecule has 142 valence electrons. The van der Waals surface area contributed by atoms with E-state index < -0.39 is 53.7 Å². The molecular weight excluding hydrogens is 354 g/mol. The summed E-state index contributed by atoms with van der Waals surface area (Å²) in [5, 5.41) is 3.66. The van der Waals surface area contributed by atoms with Gasteiger partial charge in [0.05, 0.1) is 0 Å². The summed E-state index contributed by atoms with van der Waals surface area (Å²) in [5.41, 5.74) is -1.66. The lowest BCUT2D eigenvalue weighted by molar-refractivity contribution is -0.166. The minimum atomic E-state index is -1.31. The van der Waals surface area contributed by atoms with Crippen molar-refractivity contribution in [3.8, 4) is 0 Å². The van der Waals surface area contributed by atoms with E-state index in [0.29, 0.717) is 0 Å². The van der Waals surface area contributed by atoms with Gasteiger partial charge < -0.3 is 18.9 Å². The van der Waals surface area contributed by atoms with E-state index >= 15 is 0 Å². The molecule has 0 bridgehead atoms. The standard InChI is InChI=1S/C14H17N3O9/c1-6(18)23-5-9-11(24-7(2)19)12(25-8(3)20)13(26-9)17-14(22)16-10(21)4-15-17/h4,9,11-13H,5H2,1-3H3,(H,16,21,22)/t9-,11?,12?,13-/m1/s1. The van der Waals surface area contributed by atoms with Crippen LogP contribution in [-0.4, -0.2) is 57.6 Å². The number of nitrogens with zero attached hydrogens (tertiary/aromatic N) is 2. The predicted octanol–water partition coefficient (Wildman–Crippen LogP) is -1.74. The molecule has 2 rings (SSSR count). The van der Waals surface area contributed by atoms with E-state index in [1.54, 1.807) is 0 Å². The number of carbonyl (C=O) groups excluding carboxylic acids is 3. The number of carbonyl (C=O) groups is 3. The zero-order chi connectivity index (χ0) is 19.4. The topological polar surface area (TPSA) is 156 Å². The summed E-state index contributed by atoms with van der Waals surface area (Å²) in [5.74, 6) is -2.04. The molecule has 1 aliphatic rings. The summed E-state index contributed by atoms with van der Waals surface area (Å²) in [7, 11) is 0. The average Bonchev–Trinajstić information content (AvgIpc) is 2.82. The molecule has 0 saturated carbocycles. The molecule has 0 aliphatic carbocycles. The number of esters is 3. The van der Waals surface area contributed by atoms with Crippen molar-refractivity contribution in [2.45, 2.75) is 45.3 Å². The summed E-state index contributed by atoms with van der Waals surface area (Å²) < 4.78 is 21.5. The molecule has 2 unspecified atom stereocenters.